The van der Waals surface area contributed by atoms with Gasteiger partial charge in [-0.25, -0.2) is 17.2 Å². The Morgan fingerprint density at radius 1 is 1.19 bits per heavy atom. The van der Waals surface area contributed by atoms with Crippen molar-refractivity contribution < 1.29 is 21.9 Å². The van der Waals surface area contributed by atoms with Crippen molar-refractivity contribution in [1.29, 1.82) is 0 Å². The fraction of sp³-hybridized carbons (Fsp3) is 0.333. The number of hydrogen-bond donors (Lipinski definition) is 2. The molecule has 0 aliphatic carbocycles. The highest BCUT2D eigenvalue weighted by atomic mass is 32.2. The lowest BCUT2D eigenvalue weighted by Gasteiger charge is -2.27. The van der Waals surface area contributed by atoms with Crippen LogP contribution in [0.15, 0.2) is 41.3 Å². The normalized spacial score (nSPS) is 18.2. The molecule has 0 bridgehead atoms. The van der Waals surface area contributed by atoms with Gasteiger partial charge < -0.3 is 15.4 Å². The summed E-state index contributed by atoms with van der Waals surface area (Å²) in [6.45, 7) is 0.495. The second-order valence-electron chi connectivity index (χ2n) is 6.04. The van der Waals surface area contributed by atoms with Crippen LogP contribution in [-0.4, -0.2) is 34.4 Å². The number of anilines is 1. The van der Waals surface area contributed by atoms with Gasteiger partial charge in [-0.05, 0) is 42.3 Å². The average molecular weight is 382 g/mol. The van der Waals surface area contributed by atoms with Crippen LogP contribution in [0.3, 0.4) is 0 Å². The summed E-state index contributed by atoms with van der Waals surface area (Å²) in [5, 5.41) is 6.24. The lowest BCUT2D eigenvalue weighted by molar-refractivity contribution is 0.288. The number of ether oxygens (including phenoxy) is 1. The van der Waals surface area contributed by atoms with Gasteiger partial charge in [-0.3, -0.25) is 0 Å². The lowest BCUT2D eigenvalue weighted by atomic mass is 10.0. The van der Waals surface area contributed by atoms with E-state index in [1.54, 1.807) is 19.2 Å². The van der Waals surface area contributed by atoms with Gasteiger partial charge in [-0.1, -0.05) is 0 Å². The zero-order chi connectivity index (χ0) is 18.7. The van der Waals surface area contributed by atoms with Crippen molar-refractivity contribution in [2.75, 3.05) is 31.3 Å². The first kappa shape index (κ1) is 18.6. The molecule has 0 unspecified atom stereocenters. The van der Waals surface area contributed by atoms with E-state index >= 15 is 0 Å². The molecule has 0 saturated heterocycles. The van der Waals surface area contributed by atoms with Crippen molar-refractivity contribution in [1.82, 2.24) is 5.32 Å². The predicted octanol–water partition coefficient (Wildman–Crippen LogP) is 2.89. The zero-order valence-corrected chi connectivity index (χ0v) is 15.1. The summed E-state index contributed by atoms with van der Waals surface area (Å²) in [4.78, 5) is 0.331. The molecule has 140 valence electrons. The molecule has 0 radical (unpaired) electrons. The van der Waals surface area contributed by atoms with Gasteiger partial charge in [0.05, 0.1) is 10.6 Å². The maximum Gasteiger partial charge on any atom is 0.178 e. The van der Waals surface area contributed by atoms with Gasteiger partial charge in [0, 0.05) is 31.4 Å². The number of sulfone groups is 1. The van der Waals surface area contributed by atoms with Crippen molar-refractivity contribution in [2.24, 2.45) is 0 Å². The van der Waals surface area contributed by atoms with Gasteiger partial charge in [0.2, 0.25) is 0 Å². The minimum Gasteiger partial charge on any atom is -0.489 e. The molecule has 3 rings (SSSR count). The smallest absolute Gasteiger partial charge is 0.178 e. The van der Waals surface area contributed by atoms with E-state index in [4.69, 9.17) is 4.74 Å². The molecular weight excluding hydrogens is 362 g/mol. The number of rotatable bonds is 6. The van der Waals surface area contributed by atoms with Gasteiger partial charge >= 0.3 is 0 Å². The molecule has 26 heavy (non-hydrogen) atoms. The molecule has 0 amide bonds. The summed E-state index contributed by atoms with van der Waals surface area (Å²) in [5.74, 6) is -1.27. The first-order valence-electron chi connectivity index (χ1n) is 8.26. The van der Waals surface area contributed by atoms with Gasteiger partial charge in [0.1, 0.15) is 12.4 Å². The van der Waals surface area contributed by atoms with E-state index in [9.17, 15) is 17.2 Å². The van der Waals surface area contributed by atoms with Gasteiger partial charge in [-0.2, -0.15) is 0 Å². The monoisotopic (exact) mass is 382 g/mol. The molecule has 1 aliphatic rings. The highest BCUT2D eigenvalue weighted by Crippen LogP contribution is 2.33. The Bertz CT molecular complexity index is 903. The maximum absolute atomic E-state index is 13.5. The van der Waals surface area contributed by atoms with Crippen molar-refractivity contribution in [3.05, 3.63) is 53.6 Å². The third-order valence-corrected chi connectivity index (χ3v) is 6.14. The molecule has 2 aromatic rings. The Kier molecular flexibility index (Phi) is 5.43. The van der Waals surface area contributed by atoms with Crippen LogP contribution in [0.1, 0.15) is 18.0 Å². The summed E-state index contributed by atoms with van der Waals surface area (Å²) < 4.78 is 56.4. The molecule has 0 fully saturated rings. The van der Waals surface area contributed by atoms with Gasteiger partial charge in [-0.15, -0.1) is 0 Å². The summed E-state index contributed by atoms with van der Waals surface area (Å²) in [7, 11) is -1.51. The molecule has 0 aromatic heterocycles. The Morgan fingerprint density at radius 2 is 2.00 bits per heavy atom. The molecule has 0 spiro atoms. The van der Waals surface area contributed by atoms with E-state index in [0.29, 0.717) is 23.4 Å². The SMILES string of the molecule is CNc1ccc2c(c1)[C@H](NCCOc1cc(F)ccc1F)CCS2(=O)=O. The minimum absolute atomic E-state index is 0.0654. The summed E-state index contributed by atoms with van der Waals surface area (Å²) in [6.07, 6.45) is 0.441. The average Bonchev–Trinajstić information content (AvgIpc) is 2.62. The standard InChI is InChI=1S/C18H20F2N2O3S/c1-21-13-3-5-18-14(11-13)16(6-9-26(18,23)24)22-7-8-25-17-10-12(19)2-4-15(17)20/h2-5,10-11,16,21-22H,6-9H2,1H3/t16-/m1/s1. The second kappa shape index (κ2) is 7.59. The van der Waals surface area contributed by atoms with Crippen LogP contribution in [0.5, 0.6) is 5.75 Å². The first-order valence-corrected chi connectivity index (χ1v) is 9.91. The molecule has 8 heteroatoms. The number of hydrogen-bond acceptors (Lipinski definition) is 5. The quantitative estimate of drug-likeness (QED) is 0.752. The highest BCUT2D eigenvalue weighted by Gasteiger charge is 2.30. The van der Waals surface area contributed by atoms with Crippen molar-refractivity contribution in [3.8, 4) is 5.75 Å². The Balaban J connectivity index is 1.66. The summed E-state index contributed by atoms with van der Waals surface area (Å²) in [6, 6.07) is 8.05. The van der Waals surface area contributed by atoms with Crippen molar-refractivity contribution in [3.63, 3.8) is 0 Å². The van der Waals surface area contributed by atoms with Crippen LogP contribution in [-0.2, 0) is 9.84 Å². The topological polar surface area (TPSA) is 67.4 Å². The second-order valence-corrected chi connectivity index (χ2v) is 8.12. The molecule has 1 heterocycles. The molecule has 1 atom stereocenters. The first-order chi connectivity index (χ1) is 12.4. The van der Waals surface area contributed by atoms with E-state index in [2.05, 4.69) is 10.6 Å². The van der Waals surface area contributed by atoms with Crippen LogP contribution >= 0.6 is 0 Å². The van der Waals surface area contributed by atoms with E-state index in [1.165, 1.54) is 0 Å². The molecule has 1 aliphatic heterocycles. The zero-order valence-electron chi connectivity index (χ0n) is 14.3. The van der Waals surface area contributed by atoms with E-state index in [0.717, 1.165) is 23.9 Å². The third-order valence-electron chi connectivity index (χ3n) is 4.33. The van der Waals surface area contributed by atoms with Gasteiger partial charge in [0.15, 0.2) is 21.4 Å². The molecule has 2 aromatic carbocycles. The van der Waals surface area contributed by atoms with Crippen molar-refractivity contribution >= 4 is 15.5 Å². The maximum atomic E-state index is 13.5. The van der Waals surface area contributed by atoms with Crippen molar-refractivity contribution in [2.45, 2.75) is 17.4 Å². The lowest BCUT2D eigenvalue weighted by Crippen LogP contribution is -2.32. The van der Waals surface area contributed by atoms with E-state index in [-0.39, 0.29) is 24.2 Å². The fourth-order valence-corrected chi connectivity index (χ4v) is 4.59. The largest absolute Gasteiger partial charge is 0.489 e. The Hall–Kier alpha value is -2.19. The number of benzene rings is 2. The fourth-order valence-electron chi connectivity index (χ4n) is 2.99. The minimum atomic E-state index is -3.27. The summed E-state index contributed by atoms with van der Waals surface area (Å²) >= 11 is 0. The molecule has 0 saturated carbocycles. The number of halogens is 2. The Labute approximate surface area is 151 Å². The third kappa shape index (κ3) is 3.96. The van der Waals surface area contributed by atoms with E-state index < -0.39 is 21.5 Å². The number of nitrogens with one attached hydrogen (secondary N) is 2. The summed E-state index contributed by atoms with van der Waals surface area (Å²) in [5.41, 5.74) is 1.53. The Morgan fingerprint density at radius 3 is 2.77 bits per heavy atom. The highest BCUT2D eigenvalue weighted by molar-refractivity contribution is 7.91. The van der Waals surface area contributed by atoms with Crippen LogP contribution in [0.2, 0.25) is 0 Å². The van der Waals surface area contributed by atoms with Crippen LogP contribution in [0, 0.1) is 11.6 Å². The number of fused-ring (bicyclic) bond motifs is 1. The van der Waals surface area contributed by atoms with Crippen LogP contribution in [0.25, 0.3) is 0 Å². The predicted molar refractivity (Wildman–Crippen MR) is 95.3 cm³/mol. The molecule has 5 nitrogen and oxygen atoms in total. The molecular formula is C18H20F2N2O3S. The van der Waals surface area contributed by atoms with Crippen LogP contribution < -0.4 is 15.4 Å². The van der Waals surface area contributed by atoms with E-state index in [1.807, 2.05) is 6.07 Å². The van der Waals surface area contributed by atoms with Gasteiger partial charge in [0.25, 0.3) is 0 Å². The van der Waals surface area contributed by atoms with Crippen LogP contribution in [0.4, 0.5) is 14.5 Å². The molecule has 2 N–H and O–H groups in total.